The Morgan fingerprint density at radius 1 is 1.25 bits per heavy atom. The van der Waals surface area contributed by atoms with Gasteiger partial charge in [-0.1, -0.05) is 0 Å². The molecule has 0 amide bonds. The Kier molecular flexibility index (Phi) is 6.10. The summed E-state index contributed by atoms with van der Waals surface area (Å²) < 4.78 is 33.6. The summed E-state index contributed by atoms with van der Waals surface area (Å²) in [6.45, 7) is 3.26. The van der Waals surface area contributed by atoms with E-state index in [1.807, 2.05) is 0 Å². The number of alkyl halides is 1. The molecule has 2 aliphatic heterocycles. The Labute approximate surface area is 127 Å². The standard InChI is InChI=1S/C13H25ClN2O3S/c1-15(10-12-4-7-19-8-5-12)20(17,18)16-6-2-3-13(9-14)11-16/h12-13H,2-11H2,1H3. The number of rotatable bonds is 5. The summed E-state index contributed by atoms with van der Waals surface area (Å²) in [6, 6.07) is 0. The monoisotopic (exact) mass is 324 g/mol. The highest BCUT2D eigenvalue weighted by molar-refractivity contribution is 7.86. The maximum absolute atomic E-state index is 12.6. The van der Waals surface area contributed by atoms with Gasteiger partial charge in [-0.3, -0.25) is 0 Å². The smallest absolute Gasteiger partial charge is 0.281 e. The van der Waals surface area contributed by atoms with E-state index in [0.29, 0.717) is 31.4 Å². The summed E-state index contributed by atoms with van der Waals surface area (Å²) in [7, 11) is -1.65. The van der Waals surface area contributed by atoms with E-state index in [-0.39, 0.29) is 5.92 Å². The largest absolute Gasteiger partial charge is 0.381 e. The Morgan fingerprint density at radius 2 is 1.95 bits per heavy atom. The predicted octanol–water partition coefficient (Wildman–Crippen LogP) is 1.54. The molecule has 1 atom stereocenters. The van der Waals surface area contributed by atoms with Crippen molar-refractivity contribution in [1.29, 1.82) is 0 Å². The van der Waals surface area contributed by atoms with E-state index in [4.69, 9.17) is 16.3 Å². The first-order chi connectivity index (χ1) is 9.54. The molecule has 0 aromatic carbocycles. The van der Waals surface area contributed by atoms with Gasteiger partial charge in [-0.05, 0) is 37.5 Å². The fourth-order valence-corrected chi connectivity index (χ4v) is 4.75. The van der Waals surface area contributed by atoms with E-state index >= 15 is 0 Å². The van der Waals surface area contributed by atoms with Crippen LogP contribution < -0.4 is 0 Å². The highest BCUT2D eigenvalue weighted by Gasteiger charge is 2.32. The van der Waals surface area contributed by atoms with Crippen molar-refractivity contribution in [2.45, 2.75) is 25.7 Å². The Bertz CT molecular complexity index is 398. The molecule has 2 saturated heterocycles. The third-order valence-corrected chi connectivity index (χ3v) is 6.63. The molecule has 1 unspecified atom stereocenters. The molecule has 2 heterocycles. The molecular weight excluding hydrogens is 300 g/mol. The van der Waals surface area contributed by atoms with Crippen LogP contribution >= 0.6 is 11.6 Å². The average Bonchev–Trinajstić information content (AvgIpc) is 2.48. The van der Waals surface area contributed by atoms with Gasteiger partial charge in [0.15, 0.2) is 0 Å². The maximum Gasteiger partial charge on any atom is 0.281 e. The van der Waals surface area contributed by atoms with Crippen molar-refractivity contribution in [2.75, 3.05) is 45.8 Å². The lowest BCUT2D eigenvalue weighted by Gasteiger charge is -2.35. The lowest BCUT2D eigenvalue weighted by atomic mass is 10.0. The second kappa shape index (κ2) is 7.40. The van der Waals surface area contributed by atoms with Crippen molar-refractivity contribution in [3.63, 3.8) is 0 Å². The predicted molar refractivity (Wildman–Crippen MR) is 80.1 cm³/mol. The van der Waals surface area contributed by atoms with Crippen molar-refractivity contribution in [2.24, 2.45) is 11.8 Å². The molecule has 7 heteroatoms. The van der Waals surface area contributed by atoms with E-state index < -0.39 is 10.2 Å². The van der Waals surface area contributed by atoms with Crippen LogP contribution in [0.25, 0.3) is 0 Å². The minimum absolute atomic E-state index is 0.289. The van der Waals surface area contributed by atoms with Gasteiger partial charge in [-0.25, -0.2) is 0 Å². The van der Waals surface area contributed by atoms with Crippen LogP contribution in [-0.2, 0) is 14.9 Å². The van der Waals surface area contributed by atoms with Crippen LogP contribution in [0, 0.1) is 11.8 Å². The van der Waals surface area contributed by atoms with Gasteiger partial charge in [-0.15, -0.1) is 11.6 Å². The molecule has 2 rings (SSSR count). The maximum atomic E-state index is 12.6. The van der Waals surface area contributed by atoms with Crippen molar-refractivity contribution in [3.05, 3.63) is 0 Å². The van der Waals surface area contributed by atoms with E-state index in [1.165, 1.54) is 4.31 Å². The van der Waals surface area contributed by atoms with Crippen molar-refractivity contribution < 1.29 is 13.2 Å². The molecule has 0 saturated carbocycles. The highest BCUT2D eigenvalue weighted by Crippen LogP contribution is 2.23. The summed E-state index contributed by atoms with van der Waals surface area (Å²) >= 11 is 5.88. The summed E-state index contributed by atoms with van der Waals surface area (Å²) in [5.74, 6) is 1.24. The number of halogens is 1. The Morgan fingerprint density at radius 3 is 2.60 bits per heavy atom. The Balaban J connectivity index is 1.93. The molecule has 2 fully saturated rings. The van der Waals surface area contributed by atoms with E-state index in [0.717, 1.165) is 38.9 Å². The minimum Gasteiger partial charge on any atom is -0.381 e. The zero-order valence-electron chi connectivity index (χ0n) is 12.1. The first-order valence-electron chi connectivity index (χ1n) is 7.39. The van der Waals surface area contributed by atoms with Crippen LogP contribution in [0.2, 0.25) is 0 Å². The van der Waals surface area contributed by atoms with Gasteiger partial charge in [0.05, 0.1) is 0 Å². The number of nitrogens with zero attached hydrogens (tertiary/aromatic N) is 2. The van der Waals surface area contributed by atoms with Crippen LogP contribution in [0.4, 0.5) is 0 Å². The van der Waals surface area contributed by atoms with Gasteiger partial charge in [0, 0.05) is 45.8 Å². The minimum atomic E-state index is -3.34. The zero-order valence-corrected chi connectivity index (χ0v) is 13.7. The quantitative estimate of drug-likeness (QED) is 0.721. The van der Waals surface area contributed by atoms with Gasteiger partial charge in [-0.2, -0.15) is 17.0 Å². The highest BCUT2D eigenvalue weighted by atomic mass is 35.5. The van der Waals surface area contributed by atoms with Gasteiger partial charge in [0.2, 0.25) is 0 Å². The molecular formula is C13H25ClN2O3S. The van der Waals surface area contributed by atoms with E-state index in [2.05, 4.69) is 0 Å². The second-order valence-electron chi connectivity index (χ2n) is 5.86. The molecule has 5 nitrogen and oxygen atoms in total. The van der Waals surface area contributed by atoms with Crippen LogP contribution in [0.3, 0.4) is 0 Å². The van der Waals surface area contributed by atoms with Gasteiger partial charge >= 0.3 is 0 Å². The van der Waals surface area contributed by atoms with Gasteiger partial charge < -0.3 is 4.74 Å². The van der Waals surface area contributed by atoms with Crippen molar-refractivity contribution in [1.82, 2.24) is 8.61 Å². The molecule has 0 spiro atoms. The van der Waals surface area contributed by atoms with Crippen LogP contribution in [-0.4, -0.2) is 62.8 Å². The molecule has 0 aromatic rings. The third kappa shape index (κ3) is 4.07. The molecule has 2 aliphatic rings. The number of piperidine rings is 1. The van der Waals surface area contributed by atoms with Crippen LogP contribution in [0.1, 0.15) is 25.7 Å². The molecule has 0 aliphatic carbocycles. The molecule has 0 radical (unpaired) electrons. The number of hydrogen-bond acceptors (Lipinski definition) is 3. The fraction of sp³-hybridized carbons (Fsp3) is 1.00. The number of ether oxygens (including phenoxy) is 1. The summed E-state index contributed by atoms with van der Waals surface area (Å²) in [4.78, 5) is 0. The summed E-state index contributed by atoms with van der Waals surface area (Å²) in [6.07, 6.45) is 3.83. The SMILES string of the molecule is CN(CC1CCOCC1)S(=O)(=O)N1CCCC(CCl)C1. The molecule has 0 bridgehead atoms. The van der Waals surface area contributed by atoms with Crippen molar-refractivity contribution >= 4 is 21.8 Å². The topological polar surface area (TPSA) is 49.9 Å². The van der Waals surface area contributed by atoms with Crippen molar-refractivity contribution in [3.8, 4) is 0 Å². The molecule has 20 heavy (non-hydrogen) atoms. The Hall–Kier alpha value is 0.120. The summed E-state index contributed by atoms with van der Waals surface area (Å²) in [5, 5.41) is 0. The zero-order chi connectivity index (χ0) is 14.6. The van der Waals surface area contributed by atoms with Crippen LogP contribution in [0.5, 0.6) is 0 Å². The first kappa shape index (κ1) is 16.5. The number of hydrogen-bond donors (Lipinski definition) is 0. The molecule has 0 N–H and O–H groups in total. The normalized spacial score (nSPS) is 27.1. The van der Waals surface area contributed by atoms with E-state index in [1.54, 1.807) is 11.4 Å². The van der Waals surface area contributed by atoms with E-state index in [9.17, 15) is 8.42 Å². The fourth-order valence-electron chi connectivity index (χ4n) is 2.95. The molecule has 118 valence electrons. The first-order valence-corrected chi connectivity index (χ1v) is 9.32. The lowest BCUT2D eigenvalue weighted by molar-refractivity contribution is 0.0614. The second-order valence-corrected chi connectivity index (χ2v) is 8.21. The summed E-state index contributed by atoms with van der Waals surface area (Å²) in [5.41, 5.74) is 0. The molecule has 0 aromatic heterocycles. The van der Waals surface area contributed by atoms with Crippen LogP contribution in [0.15, 0.2) is 0 Å². The lowest BCUT2D eigenvalue weighted by Crippen LogP contribution is -2.48. The third-order valence-electron chi connectivity index (χ3n) is 4.28. The van der Waals surface area contributed by atoms with Gasteiger partial charge in [0.1, 0.15) is 0 Å². The van der Waals surface area contributed by atoms with Gasteiger partial charge in [0.25, 0.3) is 10.2 Å². The average molecular weight is 325 g/mol.